The van der Waals surface area contributed by atoms with Crippen molar-refractivity contribution >= 4 is 11.6 Å². The van der Waals surface area contributed by atoms with E-state index in [-0.39, 0.29) is 11.8 Å². The second-order valence-electron chi connectivity index (χ2n) is 6.09. The molecule has 1 aliphatic rings. The van der Waals surface area contributed by atoms with Crippen LogP contribution in [0, 0.1) is 25.7 Å². The molecule has 5 nitrogen and oxygen atoms in total. The third-order valence-electron chi connectivity index (χ3n) is 4.60. The summed E-state index contributed by atoms with van der Waals surface area (Å²) in [5.74, 6) is 0.740. The Kier molecular flexibility index (Phi) is 3.98. The highest BCUT2D eigenvalue weighted by Crippen LogP contribution is 2.33. The lowest BCUT2D eigenvalue weighted by molar-refractivity contribution is -0.123. The van der Waals surface area contributed by atoms with Crippen LogP contribution in [0.15, 0.2) is 30.6 Å². The van der Waals surface area contributed by atoms with Crippen molar-refractivity contribution in [3.8, 4) is 5.69 Å². The molecule has 22 heavy (non-hydrogen) atoms. The van der Waals surface area contributed by atoms with Gasteiger partial charge in [-0.15, -0.1) is 0 Å². The summed E-state index contributed by atoms with van der Waals surface area (Å²) >= 11 is 0. The summed E-state index contributed by atoms with van der Waals surface area (Å²) in [6.07, 6.45) is 3.64. The summed E-state index contributed by atoms with van der Waals surface area (Å²) in [6, 6.07) is 7.85. The molecule has 2 aromatic rings. The molecule has 0 aliphatic heterocycles. The van der Waals surface area contributed by atoms with E-state index in [1.165, 1.54) is 0 Å². The first-order chi connectivity index (χ1) is 10.6. The minimum absolute atomic E-state index is 0.104. The SMILES string of the molecule is Cc1ncn(-c2ccc(NC(=O)C3CC(CN)C3)cc2)c1C. The molecule has 0 saturated heterocycles. The van der Waals surface area contributed by atoms with Crippen LogP contribution in [0.2, 0.25) is 0 Å². The highest BCUT2D eigenvalue weighted by atomic mass is 16.1. The maximum absolute atomic E-state index is 12.1. The topological polar surface area (TPSA) is 72.9 Å². The zero-order valence-electron chi connectivity index (χ0n) is 13.0. The van der Waals surface area contributed by atoms with Gasteiger partial charge in [-0.25, -0.2) is 4.98 Å². The fraction of sp³-hybridized carbons (Fsp3) is 0.412. The molecule has 5 heteroatoms. The zero-order valence-corrected chi connectivity index (χ0v) is 13.0. The van der Waals surface area contributed by atoms with Gasteiger partial charge in [0.1, 0.15) is 0 Å². The predicted octanol–water partition coefficient (Wildman–Crippen LogP) is 2.41. The maximum Gasteiger partial charge on any atom is 0.227 e. The Bertz CT molecular complexity index is 668. The molecule has 0 spiro atoms. The van der Waals surface area contributed by atoms with Crippen molar-refractivity contribution in [3.05, 3.63) is 42.0 Å². The lowest BCUT2D eigenvalue weighted by atomic mass is 9.74. The van der Waals surface area contributed by atoms with E-state index in [0.717, 1.165) is 35.6 Å². The normalized spacial score (nSPS) is 20.5. The van der Waals surface area contributed by atoms with Crippen molar-refractivity contribution < 1.29 is 4.79 Å². The third kappa shape index (κ3) is 2.76. The quantitative estimate of drug-likeness (QED) is 0.910. The van der Waals surface area contributed by atoms with Crippen molar-refractivity contribution in [1.29, 1.82) is 0 Å². The molecule has 0 unspecified atom stereocenters. The molecular formula is C17H22N4O. The Balaban J connectivity index is 1.65. The monoisotopic (exact) mass is 298 g/mol. The summed E-state index contributed by atoms with van der Waals surface area (Å²) in [5, 5.41) is 2.98. The number of hydrogen-bond acceptors (Lipinski definition) is 3. The largest absolute Gasteiger partial charge is 0.330 e. The predicted molar refractivity (Wildman–Crippen MR) is 86.9 cm³/mol. The van der Waals surface area contributed by atoms with Crippen LogP contribution < -0.4 is 11.1 Å². The number of rotatable bonds is 4. The average Bonchev–Trinajstić information content (AvgIpc) is 2.79. The number of hydrogen-bond donors (Lipinski definition) is 2. The molecule has 1 saturated carbocycles. The number of aryl methyl sites for hydroxylation is 1. The molecule has 1 heterocycles. The molecule has 1 aromatic heterocycles. The molecule has 0 atom stereocenters. The van der Waals surface area contributed by atoms with E-state index in [0.29, 0.717) is 12.5 Å². The summed E-state index contributed by atoms with van der Waals surface area (Å²) < 4.78 is 2.04. The van der Waals surface area contributed by atoms with Gasteiger partial charge < -0.3 is 15.6 Å². The van der Waals surface area contributed by atoms with Gasteiger partial charge in [-0.05, 0) is 63.4 Å². The number of nitrogens with one attached hydrogen (secondary N) is 1. The molecule has 0 bridgehead atoms. The van der Waals surface area contributed by atoms with Crippen molar-refractivity contribution in [3.63, 3.8) is 0 Å². The Morgan fingerprint density at radius 2 is 2.00 bits per heavy atom. The van der Waals surface area contributed by atoms with Crippen LogP contribution in [0.5, 0.6) is 0 Å². The first kappa shape index (κ1) is 14.8. The van der Waals surface area contributed by atoms with Crippen LogP contribution in [0.25, 0.3) is 5.69 Å². The fourth-order valence-corrected chi connectivity index (χ4v) is 2.85. The van der Waals surface area contributed by atoms with E-state index in [1.54, 1.807) is 0 Å². The van der Waals surface area contributed by atoms with Gasteiger partial charge >= 0.3 is 0 Å². The number of imidazole rings is 1. The van der Waals surface area contributed by atoms with Crippen molar-refractivity contribution in [2.45, 2.75) is 26.7 Å². The molecule has 1 fully saturated rings. The maximum atomic E-state index is 12.1. The van der Waals surface area contributed by atoms with E-state index in [4.69, 9.17) is 5.73 Å². The summed E-state index contributed by atoms with van der Waals surface area (Å²) in [7, 11) is 0. The summed E-state index contributed by atoms with van der Waals surface area (Å²) in [6.45, 7) is 4.72. The minimum atomic E-state index is 0.104. The Hall–Kier alpha value is -2.14. The van der Waals surface area contributed by atoms with E-state index in [9.17, 15) is 4.79 Å². The van der Waals surface area contributed by atoms with Crippen LogP contribution in [0.1, 0.15) is 24.2 Å². The average molecular weight is 298 g/mol. The molecule has 1 aromatic carbocycles. The number of amides is 1. The Morgan fingerprint density at radius 3 is 2.55 bits per heavy atom. The van der Waals surface area contributed by atoms with Gasteiger partial charge in [0.2, 0.25) is 5.91 Å². The minimum Gasteiger partial charge on any atom is -0.330 e. The van der Waals surface area contributed by atoms with Gasteiger partial charge in [0, 0.05) is 23.0 Å². The number of carbonyl (C=O) groups is 1. The van der Waals surface area contributed by atoms with Gasteiger partial charge in [0.05, 0.1) is 12.0 Å². The summed E-state index contributed by atoms with van der Waals surface area (Å²) in [5.41, 5.74) is 9.62. The van der Waals surface area contributed by atoms with Crippen molar-refractivity contribution in [2.24, 2.45) is 17.6 Å². The number of anilines is 1. The lowest BCUT2D eigenvalue weighted by Gasteiger charge is -2.33. The highest BCUT2D eigenvalue weighted by Gasteiger charge is 2.33. The number of nitrogens with zero attached hydrogens (tertiary/aromatic N) is 2. The first-order valence-electron chi connectivity index (χ1n) is 7.70. The zero-order chi connectivity index (χ0) is 15.7. The van der Waals surface area contributed by atoms with Crippen LogP contribution in [0.4, 0.5) is 5.69 Å². The fourth-order valence-electron chi connectivity index (χ4n) is 2.85. The van der Waals surface area contributed by atoms with E-state index < -0.39 is 0 Å². The molecule has 1 aliphatic carbocycles. The number of benzene rings is 1. The van der Waals surface area contributed by atoms with E-state index in [1.807, 2.05) is 49.0 Å². The molecule has 3 N–H and O–H groups in total. The van der Waals surface area contributed by atoms with Crippen LogP contribution in [-0.4, -0.2) is 22.0 Å². The standard InChI is InChI=1S/C17H22N4O/c1-11-12(2)21(10-19-11)16-5-3-15(4-6-16)20-17(22)14-7-13(8-14)9-18/h3-6,10,13-14H,7-9,18H2,1-2H3,(H,20,22). The number of carbonyl (C=O) groups excluding carboxylic acids is 1. The lowest BCUT2D eigenvalue weighted by Crippen LogP contribution is -2.37. The van der Waals surface area contributed by atoms with Crippen LogP contribution in [-0.2, 0) is 4.79 Å². The molecule has 0 radical (unpaired) electrons. The van der Waals surface area contributed by atoms with Gasteiger partial charge in [0.15, 0.2) is 0 Å². The molecule has 116 valence electrons. The second-order valence-corrected chi connectivity index (χ2v) is 6.09. The number of aromatic nitrogens is 2. The van der Waals surface area contributed by atoms with Crippen LogP contribution >= 0.6 is 0 Å². The number of nitrogens with two attached hydrogens (primary N) is 1. The third-order valence-corrected chi connectivity index (χ3v) is 4.60. The van der Waals surface area contributed by atoms with Crippen LogP contribution in [0.3, 0.4) is 0 Å². The van der Waals surface area contributed by atoms with Crippen molar-refractivity contribution in [2.75, 3.05) is 11.9 Å². The summed E-state index contributed by atoms with van der Waals surface area (Å²) in [4.78, 5) is 16.4. The molecular weight excluding hydrogens is 276 g/mol. The highest BCUT2D eigenvalue weighted by molar-refractivity contribution is 5.93. The van der Waals surface area contributed by atoms with Gasteiger partial charge in [-0.3, -0.25) is 4.79 Å². The second kappa shape index (κ2) is 5.93. The van der Waals surface area contributed by atoms with E-state index in [2.05, 4.69) is 10.3 Å². The molecule has 3 rings (SSSR count). The molecule has 1 amide bonds. The van der Waals surface area contributed by atoms with Gasteiger partial charge in [-0.1, -0.05) is 0 Å². The first-order valence-corrected chi connectivity index (χ1v) is 7.70. The van der Waals surface area contributed by atoms with Gasteiger partial charge in [0.25, 0.3) is 0 Å². The van der Waals surface area contributed by atoms with E-state index >= 15 is 0 Å². The van der Waals surface area contributed by atoms with Gasteiger partial charge in [-0.2, -0.15) is 0 Å². The Labute approximate surface area is 130 Å². The smallest absolute Gasteiger partial charge is 0.227 e. The Morgan fingerprint density at radius 1 is 1.32 bits per heavy atom. The van der Waals surface area contributed by atoms with Crippen molar-refractivity contribution in [1.82, 2.24) is 9.55 Å².